The van der Waals surface area contributed by atoms with E-state index in [2.05, 4.69) is 5.32 Å². The van der Waals surface area contributed by atoms with Gasteiger partial charge in [0, 0.05) is 22.5 Å². The van der Waals surface area contributed by atoms with E-state index in [-0.39, 0.29) is 11.9 Å². The van der Waals surface area contributed by atoms with Gasteiger partial charge in [0.1, 0.15) is 0 Å². The van der Waals surface area contributed by atoms with Gasteiger partial charge in [0.15, 0.2) is 0 Å². The second-order valence-corrected chi connectivity index (χ2v) is 3.98. The zero-order valence-corrected chi connectivity index (χ0v) is 9.98. The van der Waals surface area contributed by atoms with Crippen molar-refractivity contribution < 1.29 is 4.79 Å². The lowest BCUT2D eigenvalue weighted by atomic mass is 10.2. The third kappa shape index (κ3) is 3.73. The molecule has 0 aliphatic rings. The predicted molar refractivity (Wildman–Crippen MR) is 63.7 cm³/mol. The number of carbonyl (C=O) groups excluding carboxylic acids is 1. The van der Waals surface area contributed by atoms with Gasteiger partial charge in [-0.05, 0) is 30.7 Å². The molecular formula is C11H13Cl2NO. The number of halogens is 2. The molecular weight excluding hydrogens is 233 g/mol. The molecule has 0 saturated carbocycles. The molecule has 0 heterocycles. The number of rotatable bonds is 4. The minimum Gasteiger partial charge on any atom is -0.348 e. The predicted octanol–water partition coefficient (Wildman–Crippen LogP) is 3.09. The van der Waals surface area contributed by atoms with Crippen molar-refractivity contribution in [2.75, 3.05) is 5.88 Å². The summed E-state index contributed by atoms with van der Waals surface area (Å²) in [6.07, 6.45) is 0.822. The Morgan fingerprint density at radius 1 is 1.40 bits per heavy atom. The molecule has 1 rings (SSSR count). The summed E-state index contributed by atoms with van der Waals surface area (Å²) >= 11 is 11.4. The molecule has 0 radical (unpaired) electrons. The van der Waals surface area contributed by atoms with Gasteiger partial charge in [-0.3, -0.25) is 4.79 Å². The zero-order valence-electron chi connectivity index (χ0n) is 8.47. The zero-order chi connectivity index (χ0) is 11.3. The van der Waals surface area contributed by atoms with Crippen LogP contribution in [0, 0.1) is 0 Å². The highest BCUT2D eigenvalue weighted by Gasteiger charge is 2.10. The van der Waals surface area contributed by atoms with Crippen LogP contribution in [0.3, 0.4) is 0 Å². The van der Waals surface area contributed by atoms with Crippen LogP contribution in [-0.2, 0) is 0 Å². The molecule has 1 aromatic carbocycles. The monoisotopic (exact) mass is 245 g/mol. The van der Waals surface area contributed by atoms with Crippen molar-refractivity contribution >= 4 is 29.1 Å². The lowest BCUT2D eigenvalue weighted by Gasteiger charge is -2.13. The maximum absolute atomic E-state index is 11.7. The Morgan fingerprint density at radius 2 is 2.00 bits per heavy atom. The smallest absolute Gasteiger partial charge is 0.251 e. The number of nitrogens with one attached hydrogen (secondary N) is 1. The second kappa shape index (κ2) is 5.99. The van der Waals surface area contributed by atoms with E-state index in [4.69, 9.17) is 23.2 Å². The summed E-state index contributed by atoms with van der Waals surface area (Å²) < 4.78 is 0. The van der Waals surface area contributed by atoms with Crippen LogP contribution in [0.2, 0.25) is 5.02 Å². The van der Waals surface area contributed by atoms with Gasteiger partial charge < -0.3 is 5.32 Å². The molecule has 1 amide bonds. The first-order valence-electron chi connectivity index (χ1n) is 4.79. The number of hydrogen-bond acceptors (Lipinski definition) is 1. The Hall–Kier alpha value is -0.730. The number of amides is 1. The molecule has 0 bridgehead atoms. The topological polar surface area (TPSA) is 29.1 Å². The van der Waals surface area contributed by atoms with Crippen LogP contribution in [0.5, 0.6) is 0 Å². The summed E-state index contributed by atoms with van der Waals surface area (Å²) in [6, 6.07) is 6.79. The molecule has 0 saturated heterocycles. The molecule has 1 atom stereocenters. The maximum Gasteiger partial charge on any atom is 0.251 e. The van der Waals surface area contributed by atoms with Crippen LogP contribution in [0.15, 0.2) is 24.3 Å². The van der Waals surface area contributed by atoms with Crippen molar-refractivity contribution in [3.8, 4) is 0 Å². The molecule has 1 unspecified atom stereocenters. The Morgan fingerprint density at radius 3 is 2.47 bits per heavy atom. The molecule has 4 heteroatoms. The van der Waals surface area contributed by atoms with Gasteiger partial charge in [-0.15, -0.1) is 11.6 Å². The normalized spacial score (nSPS) is 12.2. The standard InChI is InChI=1S/C11H13Cl2NO/c1-2-10(7-12)14-11(15)8-3-5-9(13)6-4-8/h3-6,10H,2,7H2,1H3,(H,14,15). The summed E-state index contributed by atoms with van der Waals surface area (Å²) in [4.78, 5) is 11.7. The van der Waals surface area contributed by atoms with Gasteiger partial charge in [0.2, 0.25) is 0 Å². The van der Waals surface area contributed by atoms with Crippen molar-refractivity contribution in [2.45, 2.75) is 19.4 Å². The van der Waals surface area contributed by atoms with Crippen LogP contribution in [0.25, 0.3) is 0 Å². The lowest BCUT2D eigenvalue weighted by Crippen LogP contribution is -2.35. The van der Waals surface area contributed by atoms with E-state index in [1.54, 1.807) is 24.3 Å². The minimum atomic E-state index is -0.112. The summed E-state index contributed by atoms with van der Waals surface area (Å²) in [5.74, 6) is 0.315. The molecule has 0 aliphatic carbocycles. The van der Waals surface area contributed by atoms with Gasteiger partial charge in [-0.25, -0.2) is 0 Å². The van der Waals surface area contributed by atoms with Gasteiger partial charge in [0.05, 0.1) is 0 Å². The molecule has 1 aromatic rings. The van der Waals surface area contributed by atoms with Crippen LogP contribution in [0.1, 0.15) is 23.7 Å². The quantitative estimate of drug-likeness (QED) is 0.812. The fraction of sp³-hybridized carbons (Fsp3) is 0.364. The van der Waals surface area contributed by atoms with E-state index in [1.807, 2.05) is 6.92 Å². The second-order valence-electron chi connectivity index (χ2n) is 3.24. The third-order valence-electron chi connectivity index (χ3n) is 2.12. The first-order valence-corrected chi connectivity index (χ1v) is 5.71. The molecule has 0 spiro atoms. The number of alkyl halides is 1. The summed E-state index contributed by atoms with van der Waals surface area (Å²) in [5, 5.41) is 3.46. The largest absolute Gasteiger partial charge is 0.348 e. The first-order chi connectivity index (χ1) is 7.17. The van der Waals surface area contributed by atoms with E-state index in [0.717, 1.165) is 6.42 Å². The van der Waals surface area contributed by atoms with Crippen LogP contribution in [0.4, 0.5) is 0 Å². The third-order valence-corrected chi connectivity index (χ3v) is 2.75. The molecule has 2 nitrogen and oxygen atoms in total. The average molecular weight is 246 g/mol. The Kier molecular flexibility index (Phi) is 4.92. The van der Waals surface area contributed by atoms with Crippen molar-refractivity contribution in [3.05, 3.63) is 34.9 Å². The maximum atomic E-state index is 11.7. The van der Waals surface area contributed by atoms with Gasteiger partial charge in [0.25, 0.3) is 5.91 Å². The van der Waals surface area contributed by atoms with E-state index in [1.165, 1.54) is 0 Å². The number of hydrogen-bond donors (Lipinski definition) is 1. The van der Waals surface area contributed by atoms with E-state index in [0.29, 0.717) is 16.5 Å². The van der Waals surface area contributed by atoms with Crippen molar-refractivity contribution in [1.29, 1.82) is 0 Å². The minimum absolute atomic E-state index is 0.0230. The first kappa shape index (κ1) is 12.3. The molecule has 1 N–H and O–H groups in total. The Bertz CT molecular complexity index is 320. The number of benzene rings is 1. The van der Waals surface area contributed by atoms with E-state index in [9.17, 15) is 4.79 Å². The molecule has 15 heavy (non-hydrogen) atoms. The highest BCUT2D eigenvalue weighted by molar-refractivity contribution is 6.30. The molecule has 0 aliphatic heterocycles. The fourth-order valence-corrected chi connectivity index (χ4v) is 1.54. The SMILES string of the molecule is CCC(CCl)NC(=O)c1ccc(Cl)cc1. The summed E-state index contributed by atoms with van der Waals surface area (Å²) in [5.41, 5.74) is 0.600. The molecule has 82 valence electrons. The summed E-state index contributed by atoms with van der Waals surface area (Å²) in [6.45, 7) is 1.98. The van der Waals surface area contributed by atoms with Gasteiger partial charge >= 0.3 is 0 Å². The molecule has 0 aromatic heterocycles. The molecule has 0 fully saturated rings. The summed E-state index contributed by atoms with van der Waals surface area (Å²) in [7, 11) is 0. The van der Waals surface area contributed by atoms with E-state index < -0.39 is 0 Å². The van der Waals surface area contributed by atoms with Crippen molar-refractivity contribution in [2.24, 2.45) is 0 Å². The van der Waals surface area contributed by atoms with E-state index >= 15 is 0 Å². The Balaban J connectivity index is 2.64. The lowest BCUT2D eigenvalue weighted by molar-refractivity contribution is 0.0940. The van der Waals surface area contributed by atoms with Crippen molar-refractivity contribution in [1.82, 2.24) is 5.32 Å². The van der Waals surface area contributed by atoms with Crippen molar-refractivity contribution in [3.63, 3.8) is 0 Å². The fourth-order valence-electron chi connectivity index (χ4n) is 1.12. The number of carbonyl (C=O) groups is 1. The van der Waals surface area contributed by atoms with Crippen LogP contribution >= 0.6 is 23.2 Å². The highest BCUT2D eigenvalue weighted by atomic mass is 35.5. The Labute approximate surface area is 99.6 Å². The van der Waals surface area contributed by atoms with Gasteiger partial charge in [-0.1, -0.05) is 18.5 Å². The van der Waals surface area contributed by atoms with Crippen LogP contribution in [-0.4, -0.2) is 17.8 Å². The average Bonchev–Trinajstić information content (AvgIpc) is 2.26. The van der Waals surface area contributed by atoms with Crippen LogP contribution < -0.4 is 5.32 Å². The highest BCUT2D eigenvalue weighted by Crippen LogP contribution is 2.09. The van der Waals surface area contributed by atoms with Gasteiger partial charge in [-0.2, -0.15) is 0 Å².